The largest absolute Gasteiger partial charge is 0.508 e. The molecule has 2 aliphatic rings. The summed E-state index contributed by atoms with van der Waals surface area (Å²) < 4.78 is 6.31. The van der Waals surface area contributed by atoms with Crippen molar-refractivity contribution in [2.24, 2.45) is 0 Å². The number of anilines is 1. The SMILES string of the molecule is CCC1(CC)CN(CCN2CCCC2)c2cc(O)ccc2O1. The van der Waals surface area contributed by atoms with Gasteiger partial charge in [0.2, 0.25) is 0 Å². The van der Waals surface area contributed by atoms with E-state index in [4.69, 9.17) is 4.74 Å². The Hall–Kier alpha value is -1.42. The monoisotopic (exact) mass is 304 g/mol. The van der Waals surface area contributed by atoms with Crippen molar-refractivity contribution in [2.45, 2.75) is 45.1 Å². The van der Waals surface area contributed by atoms with Gasteiger partial charge >= 0.3 is 0 Å². The molecule has 0 spiro atoms. The van der Waals surface area contributed by atoms with Gasteiger partial charge in [0.25, 0.3) is 0 Å². The molecule has 3 rings (SSSR count). The lowest BCUT2D eigenvalue weighted by Gasteiger charge is -2.44. The number of ether oxygens (including phenoxy) is 1. The zero-order valence-electron chi connectivity index (χ0n) is 13.8. The van der Waals surface area contributed by atoms with Crippen molar-refractivity contribution >= 4 is 5.69 Å². The third-order valence-electron chi connectivity index (χ3n) is 5.26. The Bertz CT molecular complexity index is 508. The molecular weight excluding hydrogens is 276 g/mol. The second-order valence-corrected chi connectivity index (χ2v) is 6.61. The summed E-state index contributed by atoms with van der Waals surface area (Å²) in [6.45, 7) is 9.86. The summed E-state index contributed by atoms with van der Waals surface area (Å²) in [7, 11) is 0. The van der Waals surface area contributed by atoms with Gasteiger partial charge in [-0.05, 0) is 50.9 Å². The fourth-order valence-electron chi connectivity index (χ4n) is 3.62. The van der Waals surface area contributed by atoms with Crippen LogP contribution in [0.4, 0.5) is 5.69 Å². The minimum absolute atomic E-state index is 0.102. The fourth-order valence-corrected chi connectivity index (χ4v) is 3.62. The van der Waals surface area contributed by atoms with Gasteiger partial charge in [0.1, 0.15) is 17.1 Å². The van der Waals surface area contributed by atoms with E-state index < -0.39 is 0 Å². The Kier molecular flexibility index (Phi) is 4.48. The van der Waals surface area contributed by atoms with E-state index in [1.54, 1.807) is 6.07 Å². The molecule has 0 bridgehead atoms. The lowest BCUT2D eigenvalue weighted by atomic mass is 9.94. The summed E-state index contributed by atoms with van der Waals surface area (Å²) >= 11 is 0. The van der Waals surface area contributed by atoms with Gasteiger partial charge in [-0.3, -0.25) is 0 Å². The maximum Gasteiger partial charge on any atom is 0.143 e. The van der Waals surface area contributed by atoms with Crippen LogP contribution in [-0.4, -0.2) is 48.3 Å². The molecule has 2 heterocycles. The molecule has 0 amide bonds. The summed E-state index contributed by atoms with van der Waals surface area (Å²) in [5, 5.41) is 9.84. The van der Waals surface area contributed by atoms with Gasteiger partial charge in [0.15, 0.2) is 0 Å². The van der Waals surface area contributed by atoms with Gasteiger partial charge in [0, 0.05) is 19.2 Å². The Labute approximate surface area is 133 Å². The summed E-state index contributed by atoms with van der Waals surface area (Å²) in [4.78, 5) is 4.95. The average Bonchev–Trinajstić information content (AvgIpc) is 3.06. The average molecular weight is 304 g/mol. The first kappa shape index (κ1) is 15.5. The van der Waals surface area contributed by atoms with Crippen LogP contribution < -0.4 is 9.64 Å². The molecule has 0 aromatic heterocycles. The van der Waals surface area contributed by atoms with Gasteiger partial charge < -0.3 is 19.6 Å². The van der Waals surface area contributed by atoms with Gasteiger partial charge in [-0.15, -0.1) is 0 Å². The standard InChI is InChI=1S/C18H28N2O2/c1-3-18(4-2)14-20(12-11-19-9-5-6-10-19)16-13-15(21)7-8-17(16)22-18/h7-8,13,21H,3-6,9-12,14H2,1-2H3. The van der Waals surface area contributed by atoms with Crippen LogP contribution in [0.3, 0.4) is 0 Å². The second-order valence-electron chi connectivity index (χ2n) is 6.61. The molecule has 0 atom stereocenters. The molecule has 1 saturated heterocycles. The Morgan fingerprint density at radius 1 is 1.14 bits per heavy atom. The number of rotatable bonds is 5. The van der Waals surface area contributed by atoms with Gasteiger partial charge in [-0.1, -0.05) is 13.8 Å². The number of benzene rings is 1. The van der Waals surface area contributed by atoms with Crippen molar-refractivity contribution in [1.82, 2.24) is 4.90 Å². The molecule has 4 heteroatoms. The van der Waals surface area contributed by atoms with E-state index >= 15 is 0 Å². The third-order valence-corrected chi connectivity index (χ3v) is 5.26. The van der Waals surface area contributed by atoms with Crippen LogP contribution in [0, 0.1) is 0 Å². The highest BCUT2D eigenvalue weighted by atomic mass is 16.5. The van der Waals surface area contributed by atoms with E-state index in [2.05, 4.69) is 23.6 Å². The maximum absolute atomic E-state index is 9.84. The van der Waals surface area contributed by atoms with E-state index in [0.717, 1.165) is 43.9 Å². The molecule has 2 aliphatic heterocycles. The highest BCUT2D eigenvalue weighted by molar-refractivity contribution is 5.63. The highest BCUT2D eigenvalue weighted by Crippen LogP contribution is 2.41. The van der Waals surface area contributed by atoms with Crippen molar-refractivity contribution in [1.29, 1.82) is 0 Å². The predicted octanol–water partition coefficient (Wildman–Crippen LogP) is 3.25. The summed E-state index contributed by atoms with van der Waals surface area (Å²) in [5.74, 6) is 1.23. The van der Waals surface area contributed by atoms with Crippen molar-refractivity contribution in [3.63, 3.8) is 0 Å². The number of nitrogens with zero attached hydrogens (tertiary/aromatic N) is 2. The molecule has 122 valence electrons. The molecule has 4 nitrogen and oxygen atoms in total. The van der Waals surface area contributed by atoms with Gasteiger partial charge in [0.05, 0.1) is 12.2 Å². The second kappa shape index (κ2) is 6.37. The number of likely N-dealkylation sites (tertiary alicyclic amines) is 1. The first-order chi connectivity index (χ1) is 10.7. The summed E-state index contributed by atoms with van der Waals surface area (Å²) in [6, 6.07) is 5.47. The first-order valence-corrected chi connectivity index (χ1v) is 8.65. The topological polar surface area (TPSA) is 35.9 Å². The van der Waals surface area contributed by atoms with Crippen LogP contribution in [0.1, 0.15) is 39.5 Å². The van der Waals surface area contributed by atoms with Crippen LogP contribution in [0.25, 0.3) is 0 Å². The number of phenols is 1. The Balaban J connectivity index is 1.81. The molecule has 1 aromatic rings. The van der Waals surface area contributed by atoms with Crippen LogP contribution in [-0.2, 0) is 0 Å². The van der Waals surface area contributed by atoms with Crippen LogP contribution in [0.15, 0.2) is 18.2 Å². The number of fused-ring (bicyclic) bond motifs is 1. The normalized spacial score (nSPS) is 20.7. The molecule has 1 fully saturated rings. The van der Waals surface area contributed by atoms with Crippen molar-refractivity contribution in [3.8, 4) is 11.5 Å². The molecule has 0 saturated carbocycles. The first-order valence-electron chi connectivity index (χ1n) is 8.65. The van der Waals surface area contributed by atoms with Crippen molar-refractivity contribution < 1.29 is 9.84 Å². The summed E-state index contributed by atoms with van der Waals surface area (Å²) in [6.07, 6.45) is 4.66. The molecule has 0 radical (unpaired) electrons. The lowest BCUT2D eigenvalue weighted by Crippen LogP contribution is -2.51. The fraction of sp³-hybridized carbons (Fsp3) is 0.667. The van der Waals surface area contributed by atoms with Crippen LogP contribution >= 0.6 is 0 Å². The van der Waals surface area contributed by atoms with E-state index in [0.29, 0.717) is 5.75 Å². The van der Waals surface area contributed by atoms with Crippen molar-refractivity contribution in [3.05, 3.63) is 18.2 Å². The number of phenolic OH excluding ortho intramolecular Hbond substituents is 1. The van der Waals surface area contributed by atoms with E-state index in [9.17, 15) is 5.11 Å². The van der Waals surface area contributed by atoms with Crippen LogP contribution in [0.2, 0.25) is 0 Å². The molecule has 0 aliphatic carbocycles. The van der Waals surface area contributed by atoms with Gasteiger partial charge in [-0.25, -0.2) is 0 Å². The Morgan fingerprint density at radius 3 is 2.55 bits per heavy atom. The maximum atomic E-state index is 9.84. The summed E-state index contributed by atoms with van der Waals surface area (Å²) in [5.41, 5.74) is 0.936. The van der Waals surface area contributed by atoms with E-state index in [-0.39, 0.29) is 5.60 Å². The lowest BCUT2D eigenvalue weighted by molar-refractivity contribution is 0.0568. The number of hydrogen-bond donors (Lipinski definition) is 1. The molecular formula is C18H28N2O2. The quantitative estimate of drug-likeness (QED) is 0.906. The van der Waals surface area contributed by atoms with Gasteiger partial charge in [-0.2, -0.15) is 0 Å². The predicted molar refractivity (Wildman–Crippen MR) is 89.9 cm³/mol. The molecule has 1 N–H and O–H groups in total. The minimum Gasteiger partial charge on any atom is -0.508 e. The number of aromatic hydroxyl groups is 1. The van der Waals surface area contributed by atoms with E-state index in [1.807, 2.05) is 12.1 Å². The minimum atomic E-state index is -0.102. The Morgan fingerprint density at radius 2 is 1.86 bits per heavy atom. The van der Waals surface area contributed by atoms with Crippen LogP contribution in [0.5, 0.6) is 11.5 Å². The molecule has 22 heavy (non-hydrogen) atoms. The smallest absolute Gasteiger partial charge is 0.143 e. The third kappa shape index (κ3) is 3.02. The zero-order chi connectivity index (χ0) is 15.6. The zero-order valence-corrected chi connectivity index (χ0v) is 13.8. The molecule has 1 aromatic carbocycles. The van der Waals surface area contributed by atoms with E-state index in [1.165, 1.54) is 25.9 Å². The molecule has 0 unspecified atom stereocenters. The van der Waals surface area contributed by atoms with Crippen molar-refractivity contribution in [2.75, 3.05) is 37.6 Å². The number of hydrogen-bond acceptors (Lipinski definition) is 4. The highest BCUT2D eigenvalue weighted by Gasteiger charge is 2.37.